The zero-order valence-electron chi connectivity index (χ0n) is 17.2. The molecule has 1 amide bonds. The maximum absolute atomic E-state index is 14.0. The van der Waals surface area contributed by atoms with Gasteiger partial charge in [-0.2, -0.15) is 9.78 Å². The number of nitrogens with one attached hydrogen (secondary N) is 2. The monoisotopic (exact) mass is 458 g/mol. The molecule has 4 rings (SSSR count). The Bertz CT molecular complexity index is 1350. The van der Waals surface area contributed by atoms with E-state index >= 15 is 0 Å². The number of methoxy groups -OCH3 is 1. The van der Waals surface area contributed by atoms with Crippen molar-refractivity contribution in [1.29, 1.82) is 0 Å². The molecule has 0 spiro atoms. The number of ether oxygens (including phenoxy) is 1. The first-order valence-corrected chi connectivity index (χ1v) is 11.1. The molecule has 0 radical (unpaired) electrons. The van der Waals surface area contributed by atoms with Gasteiger partial charge in [-0.3, -0.25) is 14.3 Å². The van der Waals surface area contributed by atoms with E-state index in [1.54, 1.807) is 13.0 Å². The van der Waals surface area contributed by atoms with Gasteiger partial charge in [0.25, 0.3) is 10.0 Å². The van der Waals surface area contributed by atoms with Crippen LogP contribution in [0.15, 0.2) is 47.4 Å². The number of hydrogen-bond donors (Lipinski definition) is 2. The Morgan fingerprint density at radius 1 is 1.16 bits per heavy atom. The number of carbonyl (C=O) groups excluding carboxylic acids is 2. The average Bonchev–Trinajstić information content (AvgIpc) is 3.01. The standard InChI is InChI=1S/C21H19FN4O5S/c1-12-20(21-23-18(27)9-10-19(28)26(21)24-12)13-7-8-16(31-2)17(11-13)32(29,30)25-15-6-4-3-5-14(15)22/h3-8,11,25H,9-10H2,1-2H3,(H,23,27). The highest BCUT2D eigenvalue weighted by molar-refractivity contribution is 7.92. The van der Waals surface area contributed by atoms with Crippen LogP contribution < -0.4 is 14.8 Å². The topological polar surface area (TPSA) is 119 Å². The number of rotatable bonds is 5. The number of halogens is 1. The normalized spacial score (nSPS) is 13.8. The number of amides is 1. The Balaban J connectivity index is 1.85. The second-order valence-corrected chi connectivity index (χ2v) is 8.76. The van der Waals surface area contributed by atoms with Crippen LogP contribution in [0.25, 0.3) is 11.1 Å². The van der Waals surface area contributed by atoms with Gasteiger partial charge in [0, 0.05) is 18.4 Å². The molecular weight excluding hydrogens is 439 g/mol. The Kier molecular flexibility index (Phi) is 5.43. The van der Waals surface area contributed by atoms with Gasteiger partial charge in [0.2, 0.25) is 11.8 Å². The van der Waals surface area contributed by atoms with Crippen molar-refractivity contribution < 1.29 is 27.1 Å². The molecule has 166 valence electrons. The minimum atomic E-state index is -4.25. The summed E-state index contributed by atoms with van der Waals surface area (Å²) in [5.41, 5.74) is 0.992. The summed E-state index contributed by atoms with van der Waals surface area (Å²) in [6.45, 7) is 1.65. The molecule has 1 aliphatic rings. The Morgan fingerprint density at radius 3 is 2.62 bits per heavy atom. The van der Waals surface area contributed by atoms with Gasteiger partial charge in [-0.1, -0.05) is 18.2 Å². The van der Waals surface area contributed by atoms with Gasteiger partial charge in [0.15, 0.2) is 0 Å². The van der Waals surface area contributed by atoms with Crippen molar-refractivity contribution in [1.82, 2.24) is 9.78 Å². The number of para-hydroxylation sites is 1. The molecule has 1 aliphatic heterocycles. The van der Waals surface area contributed by atoms with Crippen LogP contribution in [-0.4, -0.2) is 37.1 Å². The zero-order valence-corrected chi connectivity index (χ0v) is 18.0. The number of carbonyl (C=O) groups is 2. The molecule has 0 fully saturated rings. The lowest BCUT2D eigenvalue weighted by atomic mass is 10.1. The molecule has 3 aromatic rings. The minimum absolute atomic E-state index is 0.00813. The van der Waals surface area contributed by atoms with Crippen molar-refractivity contribution in [2.75, 3.05) is 17.1 Å². The first-order valence-electron chi connectivity index (χ1n) is 9.59. The van der Waals surface area contributed by atoms with E-state index in [0.29, 0.717) is 16.8 Å². The fourth-order valence-electron chi connectivity index (χ4n) is 3.48. The van der Waals surface area contributed by atoms with Gasteiger partial charge < -0.3 is 10.1 Å². The second-order valence-electron chi connectivity index (χ2n) is 7.11. The van der Waals surface area contributed by atoms with Crippen molar-refractivity contribution in [2.45, 2.75) is 24.7 Å². The predicted octanol–water partition coefficient (Wildman–Crippen LogP) is 3.18. The van der Waals surface area contributed by atoms with Crippen LogP contribution in [0.2, 0.25) is 0 Å². The van der Waals surface area contributed by atoms with Crippen LogP contribution in [0, 0.1) is 12.7 Å². The molecule has 1 aromatic heterocycles. The molecule has 0 atom stereocenters. The summed E-state index contributed by atoms with van der Waals surface area (Å²) in [5.74, 6) is -1.22. The van der Waals surface area contributed by atoms with E-state index in [9.17, 15) is 22.4 Å². The van der Waals surface area contributed by atoms with Gasteiger partial charge in [0.05, 0.1) is 18.5 Å². The van der Waals surface area contributed by atoms with Crippen molar-refractivity contribution in [3.63, 3.8) is 0 Å². The SMILES string of the molecule is COc1ccc(-c2c(C)nn3c2NC(=O)CCC3=O)cc1S(=O)(=O)Nc1ccccc1F. The highest BCUT2D eigenvalue weighted by atomic mass is 32.2. The molecular formula is C21H19FN4O5S. The van der Waals surface area contributed by atoms with Crippen LogP contribution in [-0.2, 0) is 14.8 Å². The molecule has 32 heavy (non-hydrogen) atoms. The van der Waals surface area contributed by atoms with E-state index in [-0.39, 0.29) is 46.8 Å². The lowest BCUT2D eigenvalue weighted by molar-refractivity contribution is -0.116. The number of aryl methyl sites for hydroxylation is 1. The van der Waals surface area contributed by atoms with Crippen LogP contribution in [0.5, 0.6) is 5.75 Å². The van der Waals surface area contributed by atoms with E-state index in [2.05, 4.69) is 15.1 Å². The molecule has 0 aliphatic carbocycles. The van der Waals surface area contributed by atoms with E-state index in [1.165, 1.54) is 37.4 Å². The Morgan fingerprint density at radius 2 is 1.91 bits per heavy atom. The van der Waals surface area contributed by atoms with Crippen molar-refractivity contribution in [2.24, 2.45) is 0 Å². The minimum Gasteiger partial charge on any atom is -0.495 e. The second kappa shape index (κ2) is 8.08. The number of fused-ring (bicyclic) bond motifs is 1. The van der Waals surface area contributed by atoms with Gasteiger partial charge in [-0.15, -0.1) is 0 Å². The number of benzene rings is 2. The van der Waals surface area contributed by atoms with E-state index in [4.69, 9.17) is 4.74 Å². The van der Waals surface area contributed by atoms with Crippen molar-refractivity contribution in [3.05, 3.63) is 54.0 Å². The third kappa shape index (κ3) is 3.82. The molecule has 2 aromatic carbocycles. The summed E-state index contributed by atoms with van der Waals surface area (Å²) in [7, 11) is -2.94. The first kappa shape index (κ1) is 21.5. The largest absolute Gasteiger partial charge is 0.495 e. The van der Waals surface area contributed by atoms with Crippen molar-refractivity contribution in [3.8, 4) is 16.9 Å². The lowest BCUT2D eigenvalue weighted by Gasteiger charge is -2.14. The van der Waals surface area contributed by atoms with Gasteiger partial charge in [-0.05, 0) is 36.8 Å². The third-order valence-electron chi connectivity index (χ3n) is 4.98. The van der Waals surface area contributed by atoms with Crippen LogP contribution in [0.3, 0.4) is 0 Å². The smallest absolute Gasteiger partial charge is 0.265 e. The number of hydrogen-bond acceptors (Lipinski definition) is 6. The summed E-state index contributed by atoms with van der Waals surface area (Å²) < 4.78 is 48.8. The molecule has 0 bridgehead atoms. The molecule has 0 saturated carbocycles. The quantitative estimate of drug-likeness (QED) is 0.606. The molecule has 2 heterocycles. The summed E-state index contributed by atoms with van der Waals surface area (Å²) in [5, 5.41) is 6.89. The summed E-state index contributed by atoms with van der Waals surface area (Å²) >= 11 is 0. The summed E-state index contributed by atoms with van der Waals surface area (Å²) in [6.07, 6.45) is 0.0314. The lowest BCUT2D eigenvalue weighted by Crippen LogP contribution is -2.15. The average molecular weight is 458 g/mol. The van der Waals surface area contributed by atoms with Crippen LogP contribution in [0.4, 0.5) is 15.9 Å². The zero-order chi connectivity index (χ0) is 23.0. The summed E-state index contributed by atoms with van der Waals surface area (Å²) in [6, 6.07) is 9.73. The number of anilines is 2. The van der Waals surface area contributed by atoms with Crippen LogP contribution in [0.1, 0.15) is 23.3 Å². The predicted molar refractivity (Wildman–Crippen MR) is 115 cm³/mol. The maximum Gasteiger partial charge on any atom is 0.265 e. The van der Waals surface area contributed by atoms with Crippen molar-refractivity contribution >= 4 is 33.3 Å². The highest BCUT2D eigenvalue weighted by Gasteiger charge is 2.28. The fourth-order valence-corrected chi connectivity index (χ4v) is 4.74. The van der Waals surface area contributed by atoms with Gasteiger partial charge >= 0.3 is 0 Å². The number of aromatic nitrogens is 2. The molecule has 0 saturated heterocycles. The Labute approximate surface area is 183 Å². The molecule has 11 heteroatoms. The van der Waals surface area contributed by atoms with E-state index < -0.39 is 15.8 Å². The van der Waals surface area contributed by atoms with E-state index in [1.807, 2.05) is 0 Å². The Hall–Kier alpha value is -3.73. The molecule has 0 unspecified atom stereocenters. The third-order valence-corrected chi connectivity index (χ3v) is 6.37. The maximum atomic E-state index is 14.0. The fraction of sp³-hybridized carbons (Fsp3) is 0.190. The number of nitrogens with zero attached hydrogens (tertiary/aromatic N) is 2. The molecule has 2 N–H and O–H groups in total. The number of sulfonamides is 1. The highest BCUT2D eigenvalue weighted by Crippen LogP contribution is 2.37. The molecule has 9 nitrogen and oxygen atoms in total. The van der Waals surface area contributed by atoms with Crippen LogP contribution >= 0.6 is 0 Å². The van der Waals surface area contributed by atoms with Gasteiger partial charge in [-0.25, -0.2) is 12.8 Å². The van der Waals surface area contributed by atoms with Gasteiger partial charge in [0.1, 0.15) is 22.3 Å². The summed E-state index contributed by atoms with van der Waals surface area (Å²) in [4.78, 5) is 24.2. The van der Waals surface area contributed by atoms with E-state index in [0.717, 1.165) is 10.7 Å². The first-order chi connectivity index (χ1) is 15.2.